The molecule has 0 saturated carbocycles. The topological polar surface area (TPSA) is 43.6 Å². The van der Waals surface area contributed by atoms with Crippen molar-refractivity contribution in [3.05, 3.63) is 36.1 Å². The Kier molecular flexibility index (Phi) is 4.69. The standard InChI is InChI=1S/C16H21NO3/c1-11(2)17-10-12-8-9-15(20-12)16-13(18-3)6-5-7-14(16)19-4/h5-9,11,17H,10H2,1-4H3. The van der Waals surface area contributed by atoms with E-state index in [2.05, 4.69) is 19.2 Å². The van der Waals surface area contributed by atoms with E-state index in [0.29, 0.717) is 12.6 Å². The molecule has 0 spiro atoms. The predicted octanol–water partition coefficient (Wildman–Crippen LogP) is 3.46. The largest absolute Gasteiger partial charge is 0.496 e. The number of rotatable bonds is 6. The fourth-order valence-electron chi connectivity index (χ4n) is 2.01. The van der Waals surface area contributed by atoms with E-state index in [4.69, 9.17) is 13.9 Å². The van der Waals surface area contributed by atoms with Gasteiger partial charge in [0.2, 0.25) is 0 Å². The molecular formula is C16H21NO3. The lowest BCUT2D eigenvalue weighted by atomic mass is 10.1. The Hall–Kier alpha value is -1.94. The van der Waals surface area contributed by atoms with Crippen LogP contribution in [0.5, 0.6) is 11.5 Å². The second-order valence-corrected chi connectivity index (χ2v) is 4.84. The number of ether oxygens (including phenoxy) is 2. The molecule has 1 aromatic carbocycles. The van der Waals surface area contributed by atoms with Crippen LogP contribution >= 0.6 is 0 Å². The van der Waals surface area contributed by atoms with E-state index in [-0.39, 0.29) is 0 Å². The van der Waals surface area contributed by atoms with Crippen LogP contribution in [0.2, 0.25) is 0 Å². The summed E-state index contributed by atoms with van der Waals surface area (Å²) in [5, 5.41) is 3.33. The monoisotopic (exact) mass is 275 g/mol. The summed E-state index contributed by atoms with van der Waals surface area (Å²) in [4.78, 5) is 0. The number of hydrogen-bond donors (Lipinski definition) is 1. The summed E-state index contributed by atoms with van der Waals surface area (Å²) in [6.45, 7) is 4.91. The lowest BCUT2D eigenvalue weighted by Crippen LogP contribution is -2.21. The van der Waals surface area contributed by atoms with Crippen molar-refractivity contribution in [1.29, 1.82) is 0 Å². The molecule has 108 valence electrons. The van der Waals surface area contributed by atoms with Crippen molar-refractivity contribution in [2.75, 3.05) is 14.2 Å². The summed E-state index contributed by atoms with van der Waals surface area (Å²) in [7, 11) is 3.28. The first-order valence-electron chi connectivity index (χ1n) is 6.69. The quantitative estimate of drug-likeness (QED) is 0.876. The fraction of sp³-hybridized carbons (Fsp3) is 0.375. The van der Waals surface area contributed by atoms with Gasteiger partial charge in [-0.25, -0.2) is 0 Å². The summed E-state index contributed by atoms with van der Waals surface area (Å²) >= 11 is 0. The molecule has 4 nitrogen and oxygen atoms in total. The van der Waals surface area contributed by atoms with Gasteiger partial charge in [-0.05, 0) is 24.3 Å². The van der Waals surface area contributed by atoms with Crippen molar-refractivity contribution in [1.82, 2.24) is 5.32 Å². The molecule has 0 aliphatic heterocycles. The Morgan fingerprint density at radius 1 is 1.05 bits per heavy atom. The predicted molar refractivity (Wildman–Crippen MR) is 79.2 cm³/mol. The molecule has 1 aromatic heterocycles. The summed E-state index contributed by atoms with van der Waals surface area (Å²) < 4.78 is 16.7. The normalized spacial score (nSPS) is 10.8. The van der Waals surface area contributed by atoms with E-state index < -0.39 is 0 Å². The van der Waals surface area contributed by atoms with Crippen LogP contribution in [0, 0.1) is 0 Å². The Bertz CT molecular complexity index is 538. The molecule has 0 aliphatic rings. The van der Waals surface area contributed by atoms with Crippen molar-refractivity contribution in [2.24, 2.45) is 0 Å². The lowest BCUT2D eigenvalue weighted by molar-refractivity contribution is 0.393. The molecule has 20 heavy (non-hydrogen) atoms. The van der Waals surface area contributed by atoms with Gasteiger partial charge in [-0.2, -0.15) is 0 Å². The molecule has 0 fully saturated rings. The Labute approximate surface area is 119 Å². The minimum atomic E-state index is 0.421. The zero-order valence-electron chi connectivity index (χ0n) is 12.4. The van der Waals surface area contributed by atoms with Crippen LogP contribution < -0.4 is 14.8 Å². The number of nitrogens with one attached hydrogen (secondary N) is 1. The van der Waals surface area contributed by atoms with Gasteiger partial charge in [-0.3, -0.25) is 0 Å². The van der Waals surface area contributed by atoms with E-state index in [0.717, 1.165) is 28.6 Å². The van der Waals surface area contributed by atoms with Gasteiger partial charge in [-0.15, -0.1) is 0 Å². The van der Waals surface area contributed by atoms with Crippen LogP contribution in [0.25, 0.3) is 11.3 Å². The van der Waals surface area contributed by atoms with Crippen LogP contribution in [-0.2, 0) is 6.54 Å². The van der Waals surface area contributed by atoms with Crippen LogP contribution in [-0.4, -0.2) is 20.3 Å². The minimum absolute atomic E-state index is 0.421. The van der Waals surface area contributed by atoms with Crippen LogP contribution in [0.15, 0.2) is 34.7 Å². The van der Waals surface area contributed by atoms with Crippen molar-refractivity contribution >= 4 is 0 Å². The zero-order valence-corrected chi connectivity index (χ0v) is 12.4. The third-order valence-electron chi connectivity index (χ3n) is 3.02. The smallest absolute Gasteiger partial charge is 0.141 e. The second-order valence-electron chi connectivity index (χ2n) is 4.84. The first kappa shape index (κ1) is 14.5. The van der Waals surface area contributed by atoms with E-state index in [9.17, 15) is 0 Å². The Morgan fingerprint density at radius 2 is 1.70 bits per heavy atom. The average molecular weight is 275 g/mol. The van der Waals surface area contributed by atoms with Crippen LogP contribution in [0.3, 0.4) is 0 Å². The van der Waals surface area contributed by atoms with Crippen LogP contribution in [0.4, 0.5) is 0 Å². The molecule has 0 bridgehead atoms. The highest BCUT2D eigenvalue weighted by atomic mass is 16.5. The maximum Gasteiger partial charge on any atom is 0.141 e. The lowest BCUT2D eigenvalue weighted by Gasteiger charge is -2.11. The van der Waals surface area contributed by atoms with Gasteiger partial charge in [0.05, 0.1) is 20.8 Å². The molecular weight excluding hydrogens is 254 g/mol. The number of methoxy groups -OCH3 is 2. The maximum absolute atomic E-state index is 5.88. The molecule has 0 aliphatic carbocycles. The molecule has 0 radical (unpaired) electrons. The Morgan fingerprint density at radius 3 is 2.25 bits per heavy atom. The van der Waals surface area contributed by atoms with Gasteiger partial charge in [0.1, 0.15) is 28.6 Å². The molecule has 0 saturated heterocycles. The molecule has 2 rings (SSSR count). The van der Waals surface area contributed by atoms with E-state index in [1.807, 2.05) is 30.3 Å². The number of furan rings is 1. The molecule has 2 aromatic rings. The first-order valence-corrected chi connectivity index (χ1v) is 6.69. The molecule has 1 heterocycles. The maximum atomic E-state index is 5.88. The first-order chi connectivity index (χ1) is 9.65. The van der Waals surface area contributed by atoms with Gasteiger partial charge in [0, 0.05) is 6.04 Å². The van der Waals surface area contributed by atoms with E-state index >= 15 is 0 Å². The average Bonchev–Trinajstić information content (AvgIpc) is 2.92. The van der Waals surface area contributed by atoms with E-state index in [1.165, 1.54) is 0 Å². The zero-order chi connectivity index (χ0) is 14.5. The summed E-state index contributed by atoms with van der Waals surface area (Å²) in [6.07, 6.45) is 0. The second kappa shape index (κ2) is 6.48. The van der Waals surface area contributed by atoms with Gasteiger partial charge in [-0.1, -0.05) is 19.9 Å². The molecule has 0 amide bonds. The number of hydrogen-bond acceptors (Lipinski definition) is 4. The van der Waals surface area contributed by atoms with Crippen molar-refractivity contribution in [3.8, 4) is 22.8 Å². The molecule has 4 heteroatoms. The Balaban J connectivity index is 2.32. The summed E-state index contributed by atoms with van der Waals surface area (Å²) in [5.74, 6) is 3.12. The van der Waals surface area contributed by atoms with Gasteiger partial charge >= 0.3 is 0 Å². The van der Waals surface area contributed by atoms with Crippen molar-refractivity contribution in [2.45, 2.75) is 26.4 Å². The summed E-state index contributed by atoms with van der Waals surface area (Å²) in [6, 6.07) is 10.0. The van der Waals surface area contributed by atoms with Crippen molar-refractivity contribution in [3.63, 3.8) is 0 Å². The van der Waals surface area contributed by atoms with Crippen molar-refractivity contribution < 1.29 is 13.9 Å². The summed E-state index contributed by atoms with van der Waals surface area (Å²) in [5.41, 5.74) is 0.841. The van der Waals surface area contributed by atoms with Gasteiger partial charge in [0.25, 0.3) is 0 Å². The van der Waals surface area contributed by atoms with Gasteiger partial charge in [0.15, 0.2) is 0 Å². The highest BCUT2D eigenvalue weighted by Gasteiger charge is 2.15. The van der Waals surface area contributed by atoms with E-state index in [1.54, 1.807) is 14.2 Å². The molecule has 0 atom stereocenters. The van der Waals surface area contributed by atoms with Gasteiger partial charge < -0.3 is 19.2 Å². The minimum Gasteiger partial charge on any atom is -0.496 e. The fourth-order valence-corrected chi connectivity index (χ4v) is 2.01. The number of benzene rings is 1. The molecule has 0 unspecified atom stereocenters. The SMILES string of the molecule is COc1cccc(OC)c1-c1ccc(CNC(C)C)o1. The third-order valence-corrected chi connectivity index (χ3v) is 3.02. The highest BCUT2D eigenvalue weighted by Crippen LogP contribution is 2.38. The molecule has 1 N–H and O–H groups in total. The van der Waals surface area contributed by atoms with Crippen LogP contribution in [0.1, 0.15) is 19.6 Å². The third kappa shape index (κ3) is 3.14. The highest BCUT2D eigenvalue weighted by molar-refractivity contribution is 5.73.